The molecule has 2 aromatic heterocycles. The molecule has 0 aliphatic heterocycles. The van der Waals surface area contributed by atoms with E-state index in [2.05, 4.69) is 36.5 Å². The van der Waals surface area contributed by atoms with Crippen molar-refractivity contribution in [3.8, 4) is 0 Å². The number of hydrogen-bond donors (Lipinski definition) is 1. The first-order chi connectivity index (χ1) is 11.7. The molecule has 0 atom stereocenters. The van der Waals surface area contributed by atoms with Gasteiger partial charge in [0.05, 0.1) is 24.1 Å². The van der Waals surface area contributed by atoms with Gasteiger partial charge in [-0.25, -0.2) is 4.98 Å². The van der Waals surface area contributed by atoms with Gasteiger partial charge in [-0.05, 0) is 54.8 Å². The third kappa shape index (κ3) is 3.97. The summed E-state index contributed by atoms with van der Waals surface area (Å²) in [5.41, 5.74) is 3.37. The van der Waals surface area contributed by atoms with Crippen molar-refractivity contribution in [1.82, 2.24) is 10.3 Å². The molecule has 1 amide bonds. The van der Waals surface area contributed by atoms with E-state index in [4.69, 9.17) is 9.40 Å². The lowest BCUT2D eigenvalue weighted by Gasteiger charge is -2.08. The first-order valence-corrected chi connectivity index (χ1v) is 8.96. The van der Waals surface area contributed by atoms with E-state index in [-0.39, 0.29) is 5.91 Å². The van der Waals surface area contributed by atoms with Crippen LogP contribution in [0.15, 0.2) is 52.1 Å². The normalized spacial score (nSPS) is 10.9. The zero-order valence-corrected chi connectivity index (χ0v) is 14.7. The lowest BCUT2D eigenvalue weighted by atomic mass is 10.1. The highest BCUT2D eigenvalue weighted by atomic mass is 32.2. The van der Waals surface area contributed by atoms with Crippen LogP contribution in [0.1, 0.15) is 23.8 Å². The summed E-state index contributed by atoms with van der Waals surface area (Å²) in [7, 11) is 0. The summed E-state index contributed by atoms with van der Waals surface area (Å²) < 4.78 is 5.20. The third-order valence-corrected chi connectivity index (χ3v) is 4.90. The Morgan fingerprint density at radius 2 is 2.17 bits per heavy atom. The number of nitrogens with zero attached hydrogens (tertiary/aromatic N) is 1. The lowest BCUT2D eigenvalue weighted by molar-refractivity contribution is -0.118. The maximum atomic E-state index is 12.0. The van der Waals surface area contributed by atoms with E-state index < -0.39 is 0 Å². The van der Waals surface area contributed by atoms with E-state index in [1.54, 1.807) is 6.26 Å². The van der Waals surface area contributed by atoms with E-state index in [0.717, 1.165) is 33.7 Å². The minimum absolute atomic E-state index is 0.0287. The van der Waals surface area contributed by atoms with Gasteiger partial charge in [0.1, 0.15) is 10.8 Å². The molecule has 4 nitrogen and oxygen atoms in total. The smallest absolute Gasteiger partial charge is 0.230 e. The van der Waals surface area contributed by atoms with Crippen molar-refractivity contribution in [2.45, 2.75) is 31.8 Å². The zero-order valence-electron chi connectivity index (χ0n) is 13.8. The predicted octanol–water partition coefficient (Wildman–Crippen LogP) is 4.11. The fourth-order valence-corrected chi connectivity index (χ4v) is 3.28. The summed E-state index contributed by atoms with van der Waals surface area (Å²) in [6.45, 7) is 4.59. The number of pyridine rings is 1. The molecule has 124 valence electrons. The van der Waals surface area contributed by atoms with E-state index in [9.17, 15) is 4.79 Å². The van der Waals surface area contributed by atoms with E-state index >= 15 is 0 Å². The number of aromatic nitrogens is 1. The van der Waals surface area contributed by atoms with Gasteiger partial charge in [-0.1, -0.05) is 24.8 Å². The van der Waals surface area contributed by atoms with Crippen LogP contribution in [0, 0.1) is 6.92 Å². The molecule has 0 unspecified atom stereocenters. The topological polar surface area (TPSA) is 55.1 Å². The molecule has 0 spiro atoms. The van der Waals surface area contributed by atoms with Gasteiger partial charge < -0.3 is 9.73 Å². The summed E-state index contributed by atoms with van der Waals surface area (Å²) >= 11 is 1.46. The maximum absolute atomic E-state index is 12.0. The van der Waals surface area contributed by atoms with E-state index in [1.165, 1.54) is 17.3 Å². The molecule has 1 N–H and O–H groups in total. The Labute approximate surface area is 145 Å². The number of aryl methyl sites for hydroxylation is 2. The molecule has 2 heterocycles. The van der Waals surface area contributed by atoms with Crippen molar-refractivity contribution in [2.24, 2.45) is 0 Å². The number of carbonyl (C=O) groups excluding carboxylic acids is 1. The summed E-state index contributed by atoms with van der Waals surface area (Å²) in [6.07, 6.45) is 2.61. The van der Waals surface area contributed by atoms with Crippen molar-refractivity contribution >= 4 is 28.6 Å². The zero-order chi connectivity index (χ0) is 16.9. The van der Waals surface area contributed by atoms with Crippen molar-refractivity contribution in [2.75, 3.05) is 5.75 Å². The molecule has 0 fully saturated rings. The van der Waals surface area contributed by atoms with Gasteiger partial charge in [0.15, 0.2) is 0 Å². The van der Waals surface area contributed by atoms with Gasteiger partial charge in [0, 0.05) is 5.39 Å². The molecule has 5 heteroatoms. The van der Waals surface area contributed by atoms with Gasteiger partial charge in [-0.3, -0.25) is 4.79 Å². The summed E-state index contributed by atoms with van der Waals surface area (Å²) in [5, 5.41) is 4.90. The number of furan rings is 1. The SMILES string of the molecule is CCc1ccc2nc(SCC(=O)NCc3ccco3)c(C)cc2c1. The molecule has 0 aliphatic carbocycles. The van der Waals surface area contributed by atoms with Crippen LogP contribution in [0.25, 0.3) is 10.9 Å². The van der Waals surface area contributed by atoms with Crippen molar-refractivity contribution in [3.63, 3.8) is 0 Å². The summed E-state index contributed by atoms with van der Waals surface area (Å²) in [4.78, 5) is 16.7. The number of carbonyl (C=O) groups is 1. The van der Waals surface area contributed by atoms with E-state index in [0.29, 0.717) is 12.3 Å². The average Bonchev–Trinajstić information content (AvgIpc) is 3.11. The summed E-state index contributed by atoms with van der Waals surface area (Å²) in [6, 6.07) is 12.1. The lowest BCUT2D eigenvalue weighted by Crippen LogP contribution is -2.24. The highest BCUT2D eigenvalue weighted by Crippen LogP contribution is 2.25. The first-order valence-electron chi connectivity index (χ1n) is 7.98. The van der Waals surface area contributed by atoms with Crippen LogP contribution in [0.2, 0.25) is 0 Å². The van der Waals surface area contributed by atoms with Gasteiger partial charge in [0.2, 0.25) is 5.91 Å². The quantitative estimate of drug-likeness (QED) is 0.686. The van der Waals surface area contributed by atoms with Crippen molar-refractivity contribution < 1.29 is 9.21 Å². The second-order valence-electron chi connectivity index (χ2n) is 5.64. The molecular formula is C19H20N2O2S. The average molecular weight is 340 g/mol. The number of benzene rings is 1. The Bertz CT molecular complexity index is 844. The Morgan fingerprint density at radius 3 is 2.92 bits per heavy atom. The number of rotatable bonds is 6. The van der Waals surface area contributed by atoms with Gasteiger partial charge in [-0.2, -0.15) is 0 Å². The van der Waals surface area contributed by atoms with Crippen LogP contribution < -0.4 is 5.32 Å². The number of nitrogens with one attached hydrogen (secondary N) is 1. The Hall–Kier alpha value is -2.27. The fourth-order valence-electron chi connectivity index (χ4n) is 2.46. The highest BCUT2D eigenvalue weighted by Gasteiger charge is 2.09. The van der Waals surface area contributed by atoms with Gasteiger partial charge >= 0.3 is 0 Å². The van der Waals surface area contributed by atoms with Crippen LogP contribution >= 0.6 is 11.8 Å². The minimum atomic E-state index is -0.0287. The number of fused-ring (bicyclic) bond motifs is 1. The van der Waals surface area contributed by atoms with Gasteiger partial charge in [-0.15, -0.1) is 0 Å². The molecule has 1 aromatic carbocycles. The molecule has 0 bridgehead atoms. The molecule has 0 radical (unpaired) electrons. The summed E-state index contributed by atoms with van der Waals surface area (Å²) in [5.74, 6) is 1.06. The second-order valence-corrected chi connectivity index (χ2v) is 6.60. The minimum Gasteiger partial charge on any atom is -0.467 e. The second kappa shape index (κ2) is 7.53. The molecular weight excluding hydrogens is 320 g/mol. The van der Waals surface area contributed by atoms with Gasteiger partial charge in [0.25, 0.3) is 0 Å². The van der Waals surface area contributed by atoms with Crippen LogP contribution in [-0.4, -0.2) is 16.6 Å². The largest absolute Gasteiger partial charge is 0.467 e. The van der Waals surface area contributed by atoms with Crippen LogP contribution in [-0.2, 0) is 17.8 Å². The molecule has 24 heavy (non-hydrogen) atoms. The predicted molar refractivity (Wildman–Crippen MR) is 97.1 cm³/mol. The first kappa shape index (κ1) is 16.6. The fraction of sp³-hybridized carbons (Fsp3) is 0.263. The highest BCUT2D eigenvalue weighted by molar-refractivity contribution is 7.99. The number of hydrogen-bond acceptors (Lipinski definition) is 4. The van der Waals surface area contributed by atoms with Crippen LogP contribution in [0.3, 0.4) is 0 Å². The number of amides is 1. The maximum Gasteiger partial charge on any atom is 0.230 e. The molecule has 0 saturated carbocycles. The molecule has 0 saturated heterocycles. The third-order valence-electron chi connectivity index (χ3n) is 3.81. The molecule has 3 rings (SSSR count). The molecule has 0 aliphatic rings. The van der Waals surface area contributed by atoms with Crippen LogP contribution in [0.5, 0.6) is 0 Å². The monoisotopic (exact) mass is 340 g/mol. The van der Waals surface area contributed by atoms with Crippen LogP contribution in [0.4, 0.5) is 0 Å². The Balaban J connectivity index is 1.64. The Kier molecular flexibility index (Phi) is 5.20. The van der Waals surface area contributed by atoms with Crippen molar-refractivity contribution in [3.05, 3.63) is 59.5 Å². The van der Waals surface area contributed by atoms with E-state index in [1.807, 2.05) is 19.1 Å². The van der Waals surface area contributed by atoms with Crippen molar-refractivity contribution in [1.29, 1.82) is 0 Å². The molecule has 3 aromatic rings. The number of thioether (sulfide) groups is 1. The Morgan fingerprint density at radius 1 is 1.29 bits per heavy atom. The standard InChI is InChI=1S/C19H20N2O2S/c1-3-14-6-7-17-15(10-14)9-13(2)19(21-17)24-12-18(22)20-11-16-5-4-8-23-16/h4-10H,3,11-12H2,1-2H3,(H,20,22).